The highest BCUT2D eigenvalue weighted by molar-refractivity contribution is 14.1. The predicted octanol–water partition coefficient (Wildman–Crippen LogP) is -0.128. The third-order valence-corrected chi connectivity index (χ3v) is 3.55. The van der Waals surface area contributed by atoms with Crippen molar-refractivity contribution in [2.45, 2.75) is 24.9 Å². The Kier molecular flexibility index (Phi) is 4.23. The Morgan fingerprint density at radius 2 is 2.42 bits per heavy atom. The minimum absolute atomic E-state index is 0.109. The molecule has 1 fully saturated rings. The van der Waals surface area contributed by atoms with E-state index in [1.54, 1.807) is 0 Å². The van der Waals surface area contributed by atoms with E-state index in [1.165, 1.54) is 10.8 Å². The van der Waals surface area contributed by atoms with Gasteiger partial charge in [-0.1, -0.05) is 6.58 Å². The van der Waals surface area contributed by atoms with Gasteiger partial charge in [-0.2, -0.15) is 4.98 Å². The van der Waals surface area contributed by atoms with Crippen molar-refractivity contribution in [2.24, 2.45) is 0 Å². The first-order valence-corrected chi connectivity index (χ1v) is 6.69. The molecule has 1 aromatic heterocycles. The summed E-state index contributed by atoms with van der Waals surface area (Å²) >= 11 is 1.98. The van der Waals surface area contributed by atoms with E-state index in [1.807, 2.05) is 22.6 Å². The van der Waals surface area contributed by atoms with Crippen LogP contribution in [0.25, 0.3) is 3.58 Å². The van der Waals surface area contributed by atoms with Crippen molar-refractivity contribution >= 4 is 32.0 Å². The Balaban J connectivity index is 2.38. The van der Waals surface area contributed by atoms with Crippen LogP contribution in [0.2, 0.25) is 0 Å². The van der Waals surface area contributed by atoms with Crippen LogP contribution in [-0.4, -0.2) is 38.6 Å². The molecule has 4 N–H and O–H groups in total. The van der Waals surface area contributed by atoms with E-state index in [0.29, 0.717) is 9.14 Å². The number of nitrogens with zero attached hydrogens (tertiary/aromatic N) is 2. The van der Waals surface area contributed by atoms with Gasteiger partial charge in [-0.25, -0.2) is 4.79 Å². The average molecular weight is 379 g/mol. The SMILES string of the molecule is C=C(I)c1cn([C@@H]2C[C@@H](O)[C@H](CO)O2)c(=O)nc1N. The molecule has 7 nitrogen and oxygen atoms in total. The molecule has 0 bridgehead atoms. The van der Waals surface area contributed by atoms with E-state index in [2.05, 4.69) is 11.6 Å². The van der Waals surface area contributed by atoms with Gasteiger partial charge in [-0.3, -0.25) is 4.57 Å². The third kappa shape index (κ3) is 2.81. The van der Waals surface area contributed by atoms with Crippen LogP contribution in [0.4, 0.5) is 5.82 Å². The molecule has 8 heteroatoms. The van der Waals surface area contributed by atoms with Crippen molar-refractivity contribution in [3.05, 3.63) is 28.8 Å². The molecule has 1 aliphatic heterocycles. The van der Waals surface area contributed by atoms with Crippen LogP contribution in [-0.2, 0) is 4.74 Å². The molecule has 19 heavy (non-hydrogen) atoms. The molecule has 2 rings (SSSR count). The van der Waals surface area contributed by atoms with Crippen molar-refractivity contribution in [1.29, 1.82) is 0 Å². The minimum atomic E-state index is -0.814. The van der Waals surface area contributed by atoms with Crippen molar-refractivity contribution < 1.29 is 14.9 Å². The van der Waals surface area contributed by atoms with Crippen LogP contribution >= 0.6 is 22.6 Å². The zero-order chi connectivity index (χ0) is 14.2. The maximum absolute atomic E-state index is 11.8. The Hall–Kier alpha value is -0.970. The molecular weight excluding hydrogens is 365 g/mol. The lowest BCUT2D eigenvalue weighted by Crippen LogP contribution is -2.29. The number of nitrogens with two attached hydrogens (primary N) is 1. The molecule has 1 saturated heterocycles. The summed E-state index contributed by atoms with van der Waals surface area (Å²) in [5, 5.41) is 18.7. The van der Waals surface area contributed by atoms with Gasteiger partial charge in [-0.15, -0.1) is 0 Å². The van der Waals surface area contributed by atoms with Gasteiger partial charge < -0.3 is 20.7 Å². The fourth-order valence-electron chi connectivity index (χ4n) is 1.95. The van der Waals surface area contributed by atoms with Gasteiger partial charge in [0.05, 0.1) is 12.7 Å². The van der Waals surface area contributed by atoms with Crippen molar-refractivity contribution in [3.8, 4) is 0 Å². The molecular formula is C11H14IN3O4. The summed E-state index contributed by atoms with van der Waals surface area (Å²) in [6.45, 7) is 3.45. The maximum Gasteiger partial charge on any atom is 0.351 e. The molecule has 0 amide bonds. The van der Waals surface area contributed by atoms with Crippen molar-refractivity contribution in [2.75, 3.05) is 12.3 Å². The minimum Gasteiger partial charge on any atom is -0.394 e. The smallest absolute Gasteiger partial charge is 0.351 e. The molecule has 2 heterocycles. The van der Waals surface area contributed by atoms with Gasteiger partial charge in [-0.05, 0) is 22.6 Å². The fraction of sp³-hybridized carbons (Fsp3) is 0.455. The van der Waals surface area contributed by atoms with Gasteiger partial charge in [0.15, 0.2) is 0 Å². The van der Waals surface area contributed by atoms with E-state index < -0.39 is 24.1 Å². The number of aliphatic hydroxyl groups excluding tert-OH is 2. The average Bonchev–Trinajstić information content (AvgIpc) is 2.69. The first-order chi connectivity index (χ1) is 8.93. The highest BCUT2D eigenvalue weighted by Crippen LogP contribution is 2.29. The third-order valence-electron chi connectivity index (χ3n) is 2.97. The molecule has 0 saturated carbocycles. The number of anilines is 1. The van der Waals surface area contributed by atoms with Crippen LogP contribution in [0.15, 0.2) is 17.6 Å². The largest absolute Gasteiger partial charge is 0.394 e. The van der Waals surface area contributed by atoms with Crippen LogP contribution in [0.1, 0.15) is 18.2 Å². The monoisotopic (exact) mass is 379 g/mol. The summed E-state index contributed by atoms with van der Waals surface area (Å²) in [6, 6.07) is 0. The number of halogens is 1. The second-order valence-electron chi connectivity index (χ2n) is 4.25. The van der Waals surface area contributed by atoms with E-state index in [4.69, 9.17) is 15.6 Å². The fourth-order valence-corrected chi connectivity index (χ4v) is 2.36. The molecule has 1 aromatic rings. The van der Waals surface area contributed by atoms with Crippen LogP contribution in [0, 0.1) is 0 Å². The molecule has 0 spiro atoms. The highest BCUT2D eigenvalue weighted by Gasteiger charge is 2.35. The normalized spacial score (nSPS) is 26.6. The highest BCUT2D eigenvalue weighted by atomic mass is 127. The first-order valence-electron chi connectivity index (χ1n) is 5.62. The lowest BCUT2D eigenvalue weighted by molar-refractivity contribution is -0.0458. The summed E-state index contributed by atoms with van der Waals surface area (Å²) in [5.74, 6) is 0.109. The van der Waals surface area contributed by atoms with Crippen molar-refractivity contribution in [1.82, 2.24) is 9.55 Å². The Bertz CT molecular complexity index is 559. The van der Waals surface area contributed by atoms with Crippen molar-refractivity contribution in [3.63, 3.8) is 0 Å². The summed E-state index contributed by atoms with van der Waals surface area (Å²) < 4.78 is 7.32. The first kappa shape index (κ1) is 14.4. The topological polar surface area (TPSA) is 111 Å². The number of aliphatic hydroxyl groups is 2. The van der Waals surface area contributed by atoms with E-state index in [9.17, 15) is 9.90 Å². The predicted molar refractivity (Wildman–Crippen MR) is 77.6 cm³/mol. The van der Waals surface area contributed by atoms with E-state index in [0.717, 1.165) is 0 Å². The van der Waals surface area contributed by atoms with Crippen LogP contribution < -0.4 is 11.4 Å². The zero-order valence-electron chi connectivity index (χ0n) is 9.99. The van der Waals surface area contributed by atoms with Crippen LogP contribution in [0.3, 0.4) is 0 Å². The quantitative estimate of drug-likeness (QED) is 0.632. The molecule has 0 aliphatic carbocycles. The molecule has 3 atom stereocenters. The molecule has 1 aliphatic rings. The maximum atomic E-state index is 11.8. The van der Waals surface area contributed by atoms with E-state index in [-0.39, 0.29) is 18.8 Å². The summed E-state index contributed by atoms with van der Waals surface area (Å²) in [6.07, 6.45) is -0.450. The number of hydrogen-bond acceptors (Lipinski definition) is 6. The second kappa shape index (κ2) is 5.57. The van der Waals surface area contributed by atoms with Crippen LogP contribution in [0.5, 0.6) is 0 Å². The van der Waals surface area contributed by atoms with Gasteiger partial charge in [0.25, 0.3) is 0 Å². The number of ether oxygens (including phenoxy) is 1. The summed E-state index contributed by atoms with van der Waals surface area (Å²) in [4.78, 5) is 15.5. The van der Waals surface area contributed by atoms with Gasteiger partial charge in [0.1, 0.15) is 18.1 Å². The molecule has 0 unspecified atom stereocenters. The Morgan fingerprint density at radius 3 is 2.95 bits per heavy atom. The van der Waals surface area contributed by atoms with Gasteiger partial charge >= 0.3 is 5.69 Å². The number of hydrogen-bond donors (Lipinski definition) is 3. The molecule has 104 valence electrons. The summed E-state index contributed by atoms with van der Waals surface area (Å²) in [5.41, 5.74) is 5.64. The van der Waals surface area contributed by atoms with E-state index >= 15 is 0 Å². The molecule has 0 aromatic carbocycles. The number of nitrogen functional groups attached to an aromatic ring is 1. The lowest BCUT2D eigenvalue weighted by atomic mass is 10.2. The number of aromatic nitrogens is 2. The van der Waals surface area contributed by atoms with Gasteiger partial charge in [0.2, 0.25) is 0 Å². The number of rotatable bonds is 3. The lowest BCUT2D eigenvalue weighted by Gasteiger charge is -2.15. The zero-order valence-corrected chi connectivity index (χ0v) is 12.1. The standard InChI is InChI=1S/C11H14IN3O4/c1-5(12)6-3-15(11(18)14-10(6)13)9-2-7(17)8(4-16)19-9/h3,7-9,16-17H,1-2,4H2,(H2,13,14,18)/t7-,8+,9+/m1/s1. The van der Waals surface area contributed by atoms with Gasteiger partial charge in [0, 0.05) is 21.8 Å². The Morgan fingerprint density at radius 1 is 1.74 bits per heavy atom. The Labute approximate surface area is 122 Å². The molecule has 0 radical (unpaired) electrons. The summed E-state index contributed by atoms with van der Waals surface area (Å²) in [7, 11) is 0. The second-order valence-corrected chi connectivity index (χ2v) is 5.55.